The van der Waals surface area contributed by atoms with Crippen molar-refractivity contribution in [3.05, 3.63) is 0 Å². The third kappa shape index (κ3) is 0.619. The third-order valence-electron chi connectivity index (χ3n) is 3.34. The quantitative estimate of drug-likeness (QED) is 0.620. The van der Waals surface area contributed by atoms with E-state index < -0.39 is 0 Å². The lowest BCUT2D eigenvalue weighted by molar-refractivity contribution is -0.195. The highest BCUT2D eigenvalue weighted by atomic mass is 16.3. The van der Waals surface area contributed by atoms with Crippen LogP contribution >= 0.6 is 0 Å². The molecule has 3 saturated carbocycles. The van der Waals surface area contributed by atoms with Gasteiger partial charge < -0.3 is 5.11 Å². The predicted octanol–water partition coefficient (Wildman–Crippen LogP) is 1.80. The van der Waals surface area contributed by atoms with Gasteiger partial charge >= 0.3 is 0 Å². The van der Waals surface area contributed by atoms with Crippen LogP contribution in [0.15, 0.2) is 0 Å². The van der Waals surface area contributed by atoms with Crippen LogP contribution in [0.5, 0.6) is 0 Å². The zero-order chi connectivity index (χ0) is 7.35. The average Bonchev–Trinajstić information content (AvgIpc) is 1.56. The van der Waals surface area contributed by atoms with E-state index in [1.807, 2.05) is 0 Å². The molecule has 0 aromatic carbocycles. The SMILES string of the molecule is CC(C)[C@H](O)C12CC(C1)C2. The molecule has 2 bridgehead atoms. The van der Waals surface area contributed by atoms with Crippen LogP contribution in [0.3, 0.4) is 0 Å². The molecule has 0 radical (unpaired) electrons. The lowest BCUT2D eigenvalue weighted by Crippen LogP contribution is -2.59. The van der Waals surface area contributed by atoms with Crippen molar-refractivity contribution in [3.63, 3.8) is 0 Å². The molecular weight excluding hydrogens is 124 g/mol. The Hall–Kier alpha value is -0.0400. The Bertz CT molecular complexity index is 134. The van der Waals surface area contributed by atoms with Crippen molar-refractivity contribution in [2.24, 2.45) is 17.3 Å². The molecule has 0 heterocycles. The number of aliphatic hydroxyl groups is 1. The van der Waals surface area contributed by atoms with Gasteiger partial charge in [0.1, 0.15) is 0 Å². The van der Waals surface area contributed by atoms with Gasteiger partial charge in [-0.2, -0.15) is 0 Å². The Morgan fingerprint density at radius 2 is 1.80 bits per heavy atom. The molecule has 0 amide bonds. The fourth-order valence-corrected chi connectivity index (χ4v) is 2.61. The van der Waals surface area contributed by atoms with Gasteiger partial charge in [0.2, 0.25) is 0 Å². The summed E-state index contributed by atoms with van der Waals surface area (Å²) in [5.74, 6) is 1.45. The monoisotopic (exact) mass is 140 g/mol. The summed E-state index contributed by atoms with van der Waals surface area (Å²) in [5, 5.41) is 9.74. The van der Waals surface area contributed by atoms with E-state index in [9.17, 15) is 5.11 Å². The van der Waals surface area contributed by atoms with E-state index in [1.54, 1.807) is 0 Å². The van der Waals surface area contributed by atoms with Gasteiger partial charge in [-0.3, -0.25) is 0 Å². The summed E-state index contributed by atoms with van der Waals surface area (Å²) in [7, 11) is 0. The van der Waals surface area contributed by atoms with Crippen molar-refractivity contribution in [1.82, 2.24) is 0 Å². The summed E-state index contributed by atoms with van der Waals surface area (Å²) in [6.07, 6.45) is 3.92. The number of hydrogen-bond donors (Lipinski definition) is 1. The van der Waals surface area contributed by atoms with Crippen molar-refractivity contribution in [2.75, 3.05) is 0 Å². The Morgan fingerprint density at radius 1 is 1.30 bits per heavy atom. The second-order valence-electron chi connectivity index (χ2n) is 4.53. The summed E-state index contributed by atoms with van der Waals surface area (Å²) < 4.78 is 0. The molecule has 0 aromatic heterocycles. The fraction of sp³-hybridized carbons (Fsp3) is 1.00. The molecule has 0 aromatic rings. The summed E-state index contributed by atoms with van der Waals surface area (Å²) in [5.41, 5.74) is 0.402. The topological polar surface area (TPSA) is 20.2 Å². The molecule has 3 rings (SSSR count). The van der Waals surface area contributed by atoms with E-state index >= 15 is 0 Å². The smallest absolute Gasteiger partial charge is 0.0619 e. The van der Waals surface area contributed by atoms with Gasteiger partial charge in [-0.1, -0.05) is 13.8 Å². The lowest BCUT2D eigenvalue weighted by atomic mass is 9.41. The maximum Gasteiger partial charge on any atom is 0.0619 e. The third-order valence-corrected chi connectivity index (χ3v) is 3.34. The first kappa shape index (κ1) is 6.66. The van der Waals surface area contributed by atoms with Crippen LogP contribution in [0.4, 0.5) is 0 Å². The van der Waals surface area contributed by atoms with Crippen molar-refractivity contribution in [2.45, 2.75) is 39.2 Å². The maximum atomic E-state index is 9.74. The highest BCUT2D eigenvalue weighted by Gasteiger charge is 2.60. The van der Waals surface area contributed by atoms with Gasteiger partial charge in [-0.15, -0.1) is 0 Å². The largest absolute Gasteiger partial charge is 0.392 e. The average molecular weight is 140 g/mol. The molecule has 1 heteroatoms. The maximum absolute atomic E-state index is 9.74. The summed E-state index contributed by atoms with van der Waals surface area (Å²) in [6.45, 7) is 4.23. The minimum absolute atomic E-state index is 0.0162. The first-order chi connectivity index (χ1) is 4.64. The van der Waals surface area contributed by atoms with Crippen molar-refractivity contribution < 1.29 is 5.11 Å². The van der Waals surface area contributed by atoms with E-state index in [1.165, 1.54) is 19.3 Å². The predicted molar refractivity (Wildman–Crippen MR) is 40.6 cm³/mol. The number of aliphatic hydroxyl groups excluding tert-OH is 1. The van der Waals surface area contributed by atoms with Gasteiger partial charge in [-0.25, -0.2) is 0 Å². The molecule has 3 aliphatic rings. The fourth-order valence-electron chi connectivity index (χ4n) is 2.61. The van der Waals surface area contributed by atoms with Gasteiger partial charge in [0.25, 0.3) is 0 Å². The molecule has 58 valence electrons. The molecule has 0 unspecified atom stereocenters. The number of hydrogen-bond acceptors (Lipinski definition) is 1. The molecule has 0 saturated heterocycles. The Labute approximate surface area is 62.4 Å². The molecule has 3 fully saturated rings. The molecular formula is C9H16O. The first-order valence-electron chi connectivity index (χ1n) is 4.32. The Kier molecular flexibility index (Phi) is 1.17. The highest BCUT2D eigenvalue weighted by molar-refractivity contribution is 5.10. The molecule has 10 heavy (non-hydrogen) atoms. The van der Waals surface area contributed by atoms with Crippen LogP contribution in [0.1, 0.15) is 33.1 Å². The summed E-state index contributed by atoms with van der Waals surface area (Å²) in [4.78, 5) is 0. The van der Waals surface area contributed by atoms with Crippen LogP contribution in [-0.2, 0) is 0 Å². The van der Waals surface area contributed by atoms with Gasteiger partial charge in [0.05, 0.1) is 6.10 Å². The minimum Gasteiger partial charge on any atom is -0.392 e. The lowest BCUT2D eigenvalue weighted by Gasteiger charge is -2.64. The van der Waals surface area contributed by atoms with Crippen LogP contribution < -0.4 is 0 Å². The molecule has 1 N–H and O–H groups in total. The van der Waals surface area contributed by atoms with E-state index in [0.29, 0.717) is 11.3 Å². The van der Waals surface area contributed by atoms with Gasteiger partial charge in [-0.05, 0) is 36.5 Å². The standard InChI is InChI=1S/C9H16O/c1-6(2)8(10)9-3-7(4-9)5-9/h6-8,10H,3-5H2,1-2H3/t7?,8-,9?/m0/s1. The van der Waals surface area contributed by atoms with Crippen LogP contribution in [0, 0.1) is 17.3 Å². The molecule has 0 aliphatic heterocycles. The molecule has 1 nitrogen and oxygen atoms in total. The van der Waals surface area contributed by atoms with Crippen LogP contribution in [0.25, 0.3) is 0 Å². The van der Waals surface area contributed by atoms with E-state index in [4.69, 9.17) is 0 Å². The van der Waals surface area contributed by atoms with Crippen LogP contribution in [-0.4, -0.2) is 11.2 Å². The van der Waals surface area contributed by atoms with Crippen molar-refractivity contribution in [3.8, 4) is 0 Å². The Morgan fingerprint density at radius 3 is 1.90 bits per heavy atom. The van der Waals surface area contributed by atoms with Gasteiger partial charge in [0, 0.05) is 0 Å². The molecule has 0 spiro atoms. The van der Waals surface area contributed by atoms with E-state index in [0.717, 1.165) is 5.92 Å². The zero-order valence-electron chi connectivity index (χ0n) is 6.80. The number of rotatable bonds is 2. The second-order valence-corrected chi connectivity index (χ2v) is 4.53. The molecule has 1 atom stereocenters. The van der Waals surface area contributed by atoms with Crippen molar-refractivity contribution >= 4 is 0 Å². The highest BCUT2D eigenvalue weighted by Crippen LogP contribution is 2.66. The van der Waals surface area contributed by atoms with E-state index in [-0.39, 0.29) is 6.10 Å². The second kappa shape index (κ2) is 1.76. The minimum atomic E-state index is -0.0162. The first-order valence-corrected chi connectivity index (χ1v) is 4.32. The summed E-state index contributed by atoms with van der Waals surface area (Å²) >= 11 is 0. The summed E-state index contributed by atoms with van der Waals surface area (Å²) in [6, 6.07) is 0. The van der Waals surface area contributed by atoms with Crippen molar-refractivity contribution in [1.29, 1.82) is 0 Å². The van der Waals surface area contributed by atoms with Gasteiger partial charge in [0.15, 0.2) is 0 Å². The van der Waals surface area contributed by atoms with E-state index in [2.05, 4.69) is 13.8 Å². The normalized spacial score (nSPS) is 46.2. The zero-order valence-corrected chi connectivity index (χ0v) is 6.80. The van der Waals surface area contributed by atoms with Crippen LogP contribution in [0.2, 0.25) is 0 Å². The molecule has 3 aliphatic carbocycles. The Balaban J connectivity index is 1.98.